The Bertz CT molecular complexity index is 559. The minimum Gasteiger partial charge on any atom is -0.0991 e. The molecule has 1 aliphatic rings. The summed E-state index contributed by atoms with van der Waals surface area (Å²) in [5.74, 6) is 0.494. The van der Waals surface area contributed by atoms with Gasteiger partial charge in [-0.25, -0.2) is 0 Å². The van der Waals surface area contributed by atoms with E-state index in [1.54, 1.807) is 0 Å². The summed E-state index contributed by atoms with van der Waals surface area (Å²) in [6.45, 7) is 3.73. The van der Waals surface area contributed by atoms with Gasteiger partial charge in [0, 0.05) is 5.92 Å². The zero-order valence-corrected chi connectivity index (χ0v) is 10.3. The molecule has 0 saturated carbocycles. The molecule has 0 unspecified atom stereocenters. The summed E-state index contributed by atoms with van der Waals surface area (Å²) in [5, 5.41) is 0. The molecule has 2 aromatic carbocycles. The predicted molar refractivity (Wildman–Crippen MR) is 77.7 cm³/mol. The molecule has 0 radical (unpaired) electrons. The van der Waals surface area contributed by atoms with Gasteiger partial charge in [-0.15, -0.1) is 0 Å². The third-order valence-corrected chi connectivity index (χ3v) is 3.61. The lowest BCUT2D eigenvalue weighted by Gasteiger charge is -2.10. The van der Waals surface area contributed by atoms with Crippen LogP contribution in [-0.2, 0) is 0 Å². The summed E-state index contributed by atoms with van der Waals surface area (Å²) >= 11 is 0. The van der Waals surface area contributed by atoms with E-state index in [0.29, 0.717) is 5.92 Å². The average Bonchev–Trinajstić information content (AvgIpc) is 2.74. The lowest BCUT2D eigenvalue weighted by molar-refractivity contribution is 0.854. The van der Waals surface area contributed by atoms with E-state index in [1.807, 2.05) is 12.2 Å². The Morgan fingerprint density at radius 1 is 0.889 bits per heavy atom. The third kappa shape index (κ3) is 1.70. The monoisotopic (exact) mass is 232 g/mol. The summed E-state index contributed by atoms with van der Waals surface area (Å²) in [6, 6.07) is 17.5. The second-order valence-corrected chi connectivity index (χ2v) is 4.63. The molecule has 1 aliphatic carbocycles. The molecule has 0 heteroatoms. The van der Waals surface area contributed by atoms with Crippen LogP contribution in [0.5, 0.6) is 0 Å². The molecule has 0 aromatic heterocycles. The van der Waals surface area contributed by atoms with Crippen LogP contribution in [0.2, 0.25) is 0 Å². The van der Waals surface area contributed by atoms with Crippen molar-refractivity contribution in [2.75, 3.05) is 0 Å². The number of hydrogen-bond donors (Lipinski definition) is 0. The highest BCUT2D eigenvalue weighted by Gasteiger charge is 2.26. The SMILES string of the molecule is C=C/C=C/CC1c2ccccc2-c2ccccc21. The van der Waals surface area contributed by atoms with E-state index >= 15 is 0 Å². The minimum atomic E-state index is 0.494. The minimum absolute atomic E-state index is 0.494. The molecular formula is C18H16. The molecule has 18 heavy (non-hydrogen) atoms. The van der Waals surface area contributed by atoms with E-state index < -0.39 is 0 Å². The van der Waals surface area contributed by atoms with Crippen molar-refractivity contribution >= 4 is 0 Å². The molecule has 0 aliphatic heterocycles. The lowest BCUT2D eigenvalue weighted by Crippen LogP contribution is -1.94. The first-order valence-corrected chi connectivity index (χ1v) is 6.37. The lowest BCUT2D eigenvalue weighted by atomic mass is 9.93. The fraction of sp³-hybridized carbons (Fsp3) is 0.111. The first-order valence-electron chi connectivity index (χ1n) is 6.37. The van der Waals surface area contributed by atoms with Crippen LogP contribution in [0, 0.1) is 0 Å². The van der Waals surface area contributed by atoms with Gasteiger partial charge in [-0.3, -0.25) is 0 Å². The van der Waals surface area contributed by atoms with E-state index in [2.05, 4.69) is 61.2 Å². The van der Waals surface area contributed by atoms with Crippen LogP contribution in [0.3, 0.4) is 0 Å². The molecule has 0 nitrogen and oxygen atoms in total. The second kappa shape index (κ2) is 4.66. The van der Waals surface area contributed by atoms with Crippen molar-refractivity contribution in [2.45, 2.75) is 12.3 Å². The maximum atomic E-state index is 3.73. The van der Waals surface area contributed by atoms with Crippen molar-refractivity contribution in [3.63, 3.8) is 0 Å². The molecule has 0 N–H and O–H groups in total. The molecule has 0 fully saturated rings. The van der Waals surface area contributed by atoms with Crippen molar-refractivity contribution in [1.29, 1.82) is 0 Å². The number of benzene rings is 2. The first-order chi connectivity index (χ1) is 8.92. The van der Waals surface area contributed by atoms with Gasteiger partial charge in [-0.05, 0) is 28.7 Å². The molecule has 0 atom stereocenters. The topological polar surface area (TPSA) is 0 Å². The fourth-order valence-corrected chi connectivity index (χ4v) is 2.82. The molecule has 0 heterocycles. The van der Waals surface area contributed by atoms with Gasteiger partial charge < -0.3 is 0 Å². The van der Waals surface area contributed by atoms with Crippen molar-refractivity contribution in [3.05, 3.63) is 84.5 Å². The number of fused-ring (bicyclic) bond motifs is 3. The maximum absolute atomic E-state index is 3.73. The van der Waals surface area contributed by atoms with Gasteiger partial charge in [0.2, 0.25) is 0 Å². The number of allylic oxidation sites excluding steroid dienone is 3. The van der Waals surface area contributed by atoms with E-state index in [9.17, 15) is 0 Å². The van der Waals surface area contributed by atoms with Crippen LogP contribution >= 0.6 is 0 Å². The van der Waals surface area contributed by atoms with Gasteiger partial charge in [0.1, 0.15) is 0 Å². The van der Waals surface area contributed by atoms with Crippen LogP contribution in [-0.4, -0.2) is 0 Å². The Hall–Kier alpha value is -2.08. The number of hydrogen-bond acceptors (Lipinski definition) is 0. The van der Waals surface area contributed by atoms with E-state index in [-0.39, 0.29) is 0 Å². The van der Waals surface area contributed by atoms with Gasteiger partial charge >= 0.3 is 0 Å². The van der Waals surface area contributed by atoms with E-state index in [1.165, 1.54) is 22.3 Å². The molecule has 0 bridgehead atoms. The normalized spacial score (nSPS) is 13.6. The van der Waals surface area contributed by atoms with Gasteiger partial charge in [-0.1, -0.05) is 73.3 Å². The molecule has 2 aromatic rings. The summed E-state index contributed by atoms with van der Waals surface area (Å²) in [5.41, 5.74) is 5.69. The van der Waals surface area contributed by atoms with Crippen molar-refractivity contribution < 1.29 is 0 Å². The Labute approximate surface area is 108 Å². The fourth-order valence-electron chi connectivity index (χ4n) is 2.82. The standard InChI is InChI=1S/C18H16/c1-2-3-4-9-14-15-10-5-7-12-17(15)18-13-8-6-11-16(14)18/h2-8,10-14H,1,9H2/b4-3+. The summed E-state index contributed by atoms with van der Waals surface area (Å²) in [7, 11) is 0. The Kier molecular flexibility index (Phi) is 2.85. The molecule has 0 amide bonds. The summed E-state index contributed by atoms with van der Waals surface area (Å²) in [4.78, 5) is 0. The highest BCUT2D eigenvalue weighted by molar-refractivity contribution is 5.78. The Morgan fingerprint density at radius 3 is 2.00 bits per heavy atom. The molecular weight excluding hydrogens is 216 g/mol. The zero-order chi connectivity index (χ0) is 12.4. The predicted octanol–water partition coefficient (Wildman–Crippen LogP) is 4.93. The van der Waals surface area contributed by atoms with Crippen LogP contribution < -0.4 is 0 Å². The van der Waals surface area contributed by atoms with Gasteiger partial charge in [0.15, 0.2) is 0 Å². The summed E-state index contributed by atoms with van der Waals surface area (Å²) < 4.78 is 0. The average molecular weight is 232 g/mol. The highest BCUT2D eigenvalue weighted by atomic mass is 14.3. The number of rotatable bonds is 3. The molecule has 0 spiro atoms. The van der Waals surface area contributed by atoms with Crippen LogP contribution in [0.25, 0.3) is 11.1 Å². The van der Waals surface area contributed by atoms with Crippen LogP contribution in [0.15, 0.2) is 73.3 Å². The largest absolute Gasteiger partial charge is 0.0991 e. The Morgan fingerprint density at radius 2 is 1.44 bits per heavy atom. The molecule has 88 valence electrons. The Balaban J connectivity index is 2.09. The van der Waals surface area contributed by atoms with Gasteiger partial charge in [0.25, 0.3) is 0 Å². The van der Waals surface area contributed by atoms with Gasteiger partial charge in [-0.2, -0.15) is 0 Å². The quantitative estimate of drug-likeness (QED) is 0.658. The molecule has 3 rings (SSSR count). The van der Waals surface area contributed by atoms with Crippen molar-refractivity contribution in [1.82, 2.24) is 0 Å². The van der Waals surface area contributed by atoms with E-state index in [0.717, 1.165) is 6.42 Å². The highest BCUT2D eigenvalue weighted by Crippen LogP contribution is 2.46. The van der Waals surface area contributed by atoms with Crippen molar-refractivity contribution in [3.8, 4) is 11.1 Å². The van der Waals surface area contributed by atoms with Gasteiger partial charge in [0.05, 0.1) is 0 Å². The smallest absolute Gasteiger partial charge is 0.0136 e. The van der Waals surface area contributed by atoms with Crippen molar-refractivity contribution in [2.24, 2.45) is 0 Å². The first kappa shape index (κ1) is 11.0. The molecule has 0 saturated heterocycles. The summed E-state index contributed by atoms with van der Waals surface area (Å²) in [6.07, 6.45) is 7.12. The maximum Gasteiger partial charge on any atom is 0.0136 e. The zero-order valence-electron chi connectivity index (χ0n) is 10.3. The third-order valence-electron chi connectivity index (χ3n) is 3.61. The second-order valence-electron chi connectivity index (χ2n) is 4.63. The van der Waals surface area contributed by atoms with Crippen LogP contribution in [0.1, 0.15) is 23.5 Å². The van der Waals surface area contributed by atoms with Crippen LogP contribution in [0.4, 0.5) is 0 Å². The van der Waals surface area contributed by atoms with E-state index in [4.69, 9.17) is 0 Å².